The molecule has 0 heterocycles. The van der Waals surface area contributed by atoms with E-state index in [-0.39, 0.29) is 18.9 Å². The van der Waals surface area contributed by atoms with Gasteiger partial charge in [0.2, 0.25) is 17.7 Å². The molecule has 0 aromatic rings. The summed E-state index contributed by atoms with van der Waals surface area (Å²) < 4.78 is 0. The van der Waals surface area contributed by atoms with Gasteiger partial charge in [0, 0.05) is 13.0 Å². The first-order valence-electron chi connectivity index (χ1n) is 9.81. The number of aliphatic hydroxyl groups excluding tert-OH is 2. The average molecular weight is 477 g/mol. The van der Waals surface area contributed by atoms with E-state index in [9.17, 15) is 29.1 Å². The van der Waals surface area contributed by atoms with Gasteiger partial charge in [0.15, 0.2) is 5.96 Å². The molecule has 0 radical (unpaired) electrons. The van der Waals surface area contributed by atoms with Crippen LogP contribution in [0.5, 0.6) is 0 Å². The number of hydrogen-bond acceptors (Lipinski definition) is 9. The minimum atomic E-state index is -1.69. The molecular weight excluding hydrogens is 446 g/mol. The number of carboxylic acid groups (broad SMARTS) is 2. The summed E-state index contributed by atoms with van der Waals surface area (Å²) in [6.07, 6.45) is -0.480. The lowest BCUT2D eigenvalue weighted by Crippen LogP contribution is -2.58. The van der Waals surface area contributed by atoms with Gasteiger partial charge in [-0.05, 0) is 19.3 Å². The van der Waals surface area contributed by atoms with Crippen molar-refractivity contribution in [2.45, 2.75) is 49.9 Å². The second-order valence-corrected chi connectivity index (χ2v) is 6.87. The van der Waals surface area contributed by atoms with Crippen LogP contribution in [-0.4, -0.2) is 100.0 Å². The Balaban J connectivity index is 5.10. The molecule has 16 heteroatoms. The molecule has 0 spiro atoms. The number of rotatable bonds is 16. The summed E-state index contributed by atoms with van der Waals surface area (Å²) in [6.45, 7) is -1.60. The zero-order chi connectivity index (χ0) is 25.6. The molecule has 4 unspecified atom stereocenters. The van der Waals surface area contributed by atoms with Crippen LogP contribution in [0.1, 0.15) is 25.7 Å². The van der Waals surface area contributed by atoms with Gasteiger partial charge >= 0.3 is 11.9 Å². The molecule has 0 aliphatic carbocycles. The lowest BCUT2D eigenvalue weighted by molar-refractivity contribution is -0.144. The van der Waals surface area contributed by atoms with E-state index in [2.05, 4.69) is 15.6 Å². The van der Waals surface area contributed by atoms with Gasteiger partial charge in [-0.1, -0.05) is 0 Å². The Morgan fingerprint density at radius 2 is 1.30 bits per heavy atom. The number of carboxylic acids is 2. The van der Waals surface area contributed by atoms with Gasteiger partial charge < -0.3 is 53.6 Å². The van der Waals surface area contributed by atoms with Gasteiger partial charge in [0.1, 0.15) is 18.1 Å². The summed E-state index contributed by atoms with van der Waals surface area (Å²) in [7, 11) is 0. The number of aliphatic imine (C=N–C) groups is 1. The van der Waals surface area contributed by atoms with Crippen LogP contribution in [0, 0.1) is 0 Å². The van der Waals surface area contributed by atoms with Crippen LogP contribution in [-0.2, 0) is 24.0 Å². The van der Waals surface area contributed by atoms with Gasteiger partial charge in [-0.25, -0.2) is 4.79 Å². The number of aliphatic carboxylic acids is 2. The quantitative estimate of drug-likeness (QED) is 0.0566. The Hall–Kier alpha value is -3.50. The van der Waals surface area contributed by atoms with Crippen molar-refractivity contribution in [1.82, 2.24) is 16.0 Å². The van der Waals surface area contributed by atoms with E-state index in [0.717, 1.165) is 0 Å². The van der Waals surface area contributed by atoms with Gasteiger partial charge in [0.05, 0.1) is 19.3 Å². The van der Waals surface area contributed by atoms with Gasteiger partial charge in [0.25, 0.3) is 0 Å². The molecule has 0 aliphatic rings. The lowest BCUT2D eigenvalue weighted by atomic mass is 10.1. The predicted molar refractivity (Wildman–Crippen MR) is 112 cm³/mol. The van der Waals surface area contributed by atoms with Gasteiger partial charge in [-0.15, -0.1) is 0 Å². The zero-order valence-electron chi connectivity index (χ0n) is 17.8. The molecule has 0 bridgehead atoms. The number of nitrogens with zero attached hydrogens (tertiary/aromatic N) is 1. The molecule has 13 N–H and O–H groups in total. The molecule has 0 saturated heterocycles. The fraction of sp³-hybridized carbons (Fsp3) is 0.647. The van der Waals surface area contributed by atoms with Crippen molar-refractivity contribution in [3.8, 4) is 0 Å². The van der Waals surface area contributed by atoms with E-state index in [0.29, 0.717) is 6.42 Å². The van der Waals surface area contributed by atoms with Crippen LogP contribution in [0.15, 0.2) is 4.99 Å². The summed E-state index contributed by atoms with van der Waals surface area (Å²) in [6, 6.07) is -5.81. The average Bonchev–Trinajstić information content (AvgIpc) is 2.74. The van der Waals surface area contributed by atoms with E-state index < -0.39 is 79.9 Å². The molecule has 0 aromatic heterocycles. The van der Waals surface area contributed by atoms with E-state index in [1.54, 1.807) is 0 Å². The maximum atomic E-state index is 12.5. The van der Waals surface area contributed by atoms with Crippen LogP contribution in [0.3, 0.4) is 0 Å². The monoisotopic (exact) mass is 477 g/mol. The maximum absolute atomic E-state index is 12.5. The van der Waals surface area contributed by atoms with Crippen molar-refractivity contribution < 1.29 is 44.4 Å². The standard InChI is InChI=1S/C17H31N7O9/c18-8(2-1-5-21-17(19)20)13(29)23-10(6-25)15(31)22-9(3-4-12(27)28)14(30)24-11(7-26)16(32)33/h8-11,25-26H,1-7,18H2,(H,22,31)(H,23,29)(H,24,30)(H,27,28)(H,32,33)(H4,19,20,21). The first-order chi connectivity index (χ1) is 15.4. The van der Waals surface area contributed by atoms with Crippen molar-refractivity contribution in [2.75, 3.05) is 19.8 Å². The van der Waals surface area contributed by atoms with Crippen LogP contribution < -0.4 is 33.2 Å². The number of amides is 3. The van der Waals surface area contributed by atoms with Crippen LogP contribution in [0.25, 0.3) is 0 Å². The van der Waals surface area contributed by atoms with Crippen molar-refractivity contribution in [2.24, 2.45) is 22.2 Å². The molecule has 3 amide bonds. The largest absolute Gasteiger partial charge is 0.481 e. The minimum Gasteiger partial charge on any atom is -0.481 e. The molecule has 0 fully saturated rings. The minimum absolute atomic E-state index is 0.125. The molecule has 0 saturated carbocycles. The van der Waals surface area contributed by atoms with Gasteiger partial charge in [-0.3, -0.25) is 24.2 Å². The van der Waals surface area contributed by atoms with Crippen molar-refractivity contribution in [1.29, 1.82) is 0 Å². The molecule has 33 heavy (non-hydrogen) atoms. The molecule has 16 nitrogen and oxygen atoms in total. The smallest absolute Gasteiger partial charge is 0.328 e. The number of carbonyl (C=O) groups is 5. The van der Waals surface area contributed by atoms with E-state index in [1.807, 2.05) is 5.32 Å². The van der Waals surface area contributed by atoms with Crippen LogP contribution in [0.2, 0.25) is 0 Å². The highest BCUT2D eigenvalue weighted by atomic mass is 16.4. The fourth-order valence-corrected chi connectivity index (χ4v) is 2.39. The molecule has 0 aromatic carbocycles. The normalized spacial score (nSPS) is 14.2. The van der Waals surface area contributed by atoms with E-state index >= 15 is 0 Å². The molecule has 0 rings (SSSR count). The predicted octanol–water partition coefficient (Wildman–Crippen LogP) is -5.24. The summed E-state index contributed by atoms with van der Waals surface area (Å²) in [5.41, 5.74) is 16.1. The van der Waals surface area contributed by atoms with Crippen LogP contribution >= 0.6 is 0 Å². The van der Waals surface area contributed by atoms with Crippen molar-refractivity contribution in [3.63, 3.8) is 0 Å². The summed E-state index contributed by atoms with van der Waals surface area (Å²) in [5.74, 6) is -5.88. The first-order valence-corrected chi connectivity index (χ1v) is 9.81. The summed E-state index contributed by atoms with van der Waals surface area (Å²) in [5, 5.41) is 42.5. The molecule has 188 valence electrons. The Bertz CT molecular complexity index is 728. The number of guanidine groups is 1. The van der Waals surface area contributed by atoms with Crippen LogP contribution in [0.4, 0.5) is 0 Å². The van der Waals surface area contributed by atoms with E-state index in [4.69, 9.17) is 32.5 Å². The second kappa shape index (κ2) is 15.3. The SMILES string of the molecule is NC(N)=NCCCC(N)C(=O)NC(CO)C(=O)NC(CCC(=O)O)C(=O)NC(CO)C(=O)O. The lowest BCUT2D eigenvalue weighted by Gasteiger charge is -2.23. The topological polar surface area (TPSA) is 293 Å². The maximum Gasteiger partial charge on any atom is 0.328 e. The number of aliphatic hydroxyl groups is 2. The molecule has 0 aliphatic heterocycles. The Morgan fingerprint density at radius 1 is 0.788 bits per heavy atom. The number of nitrogens with two attached hydrogens (primary N) is 3. The molecule has 4 atom stereocenters. The molecular formula is C17H31N7O9. The Kier molecular flexibility index (Phi) is 13.7. The first kappa shape index (κ1) is 29.5. The highest BCUT2D eigenvalue weighted by Crippen LogP contribution is 2.02. The van der Waals surface area contributed by atoms with E-state index in [1.165, 1.54) is 0 Å². The summed E-state index contributed by atoms with van der Waals surface area (Å²) >= 11 is 0. The third-order valence-electron chi connectivity index (χ3n) is 4.20. The van der Waals surface area contributed by atoms with Crippen molar-refractivity contribution in [3.05, 3.63) is 0 Å². The van der Waals surface area contributed by atoms with Crippen molar-refractivity contribution >= 4 is 35.6 Å². The Labute approximate surface area is 188 Å². The fourth-order valence-electron chi connectivity index (χ4n) is 2.39. The highest BCUT2D eigenvalue weighted by molar-refractivity contribution is 5.94. The highest BCUT2D eigenvalue weighted by Gasteiger charge is 2.30. The number of nitrogens with one attached hydrogen (secondary N) is 3. The summed E-state index contributed by atoms with van der Waals surface area (Å²) in [4.78, 5) is 62.5. The number of carbonyl (C=O) groups excluding carboxylic acids is 3. The Morgan fingerprint density at radius 3 is 1.79 bits per heavy atom. The third-order valence-corrected chi connectivity index (χ3v) is 4.20. The number of hydrogen-bond donors (Lipinski definition) is 10. The third kappa shape index (κ3) is 12.2. The van der Waals surface area contributed by atoms with Gasteiger partial charge in [-0.2, -0.15) is 0 Å². The zero-order valence-corrected chi connectivity index (χ0v) is 17.8. The second-order valence-electron chi connectivity index (χ2n) is 6.87.